The maximum atomic E-state index is 13.6. The standard InChI is InChI=1S/C17H15FN2O/c1-2-5-15(19)14-10-11(18)8-9-12(14)17-13-6-3-4-7-16(13)21-20-17/h2-4,6-10,15H,1,5,19H2/t15-/m1/s1. The molecule has 0 bridgehead atoms. The Kier molecular flexibility index (Phi) is 3.54. The Hall–Kier alpha value is -2.46. The van der Waals surface area contributed by atoms with E-state index in [0.29, 0.717) is 23.3 Å². The van der Waals surface area contributed by atoms with Crippen molar-refractivity contribution in [2.45, 2.75) is 12.5 Å². The van der Waals surface area contributed by atoms with Crippen LogP contribution in [0.15, 0.2) is 59.6 Å². The maximum Gasteiger partial charge on any atom is 0.167 e. The van der Waals surface area contributed by atoms with Crippen molar-refractivity contribution < 1.29 is 8.91 Å². The second-order valence-electron chi connectivity index (χ2n) is 4.89. The van der Waals surface area contributed by atoms with E-state index >= 15 is 0 Å². The summed E-state index contributed by atoms with van der Waals surface area (Å²) >= 11 is 0. The van der Waals surface area contributed by atoms with E-state index in [1.807, 2.05) is 24.3 Å². The average molecular weight is 282 g/mol. The first-order valence-corrected chi connectivity index (χ1v) is 6.71. The van der Waals surface area contributed by atoms with Crippen molar-refractivity contribution in [1.82, 2.24) is 5.16 Å². The van der Waals surface area contributed by atoms with Crippen molar-refractivity contribution in [2.24, 2.45) is 5.73 Å². The van der Waals surface area contributed by atoms with Crippen molar-refractivity contribution in [3.8, 4) is 11.3 Å². The maximum absolute atomic E-state index is 13.6. The molecule has 0 spiro atoms. The van der Waals surface area contributed by atoms with E-state index in [4.69, 9.17) is 10.3 Å². The molecule has 1 aromatic heterocycles. The minimum Gasteiger partial charge on any atom is -0.356 e. The average Bonchev–Trinajstić information content (AvgIpc) is 2.91. The van der Waals surface area contributed by atoms with Gasteiger partial charge in [-0.1, -0.05) is 23.4 Å². The SMILES string of the molecule is C=CC[C@@H](N)c1cc(F)ccc1-c1noc2ccccc12. The molecule has 3 aromatic rings. The number of para-hydroxylation sites is 1. The lowest BCUT2D eigenvalue weighted by atomic mass is 9.95. The highest BCUT2D eigenvalue weighted by atomic mass is 19.1. The number of halogens is 1. The van der Waals surface area contributed by atoms with Crippen LogP contribution >= 0.6 is 0 Å². The van der Waals surface area contributed by atoms with Gasteiger partial charge >= 0.3 is 0 Å². The molecule has 0 saturated carbocycles. The molecule has 3 rings (SSSR count). The van der Waals surface area contributed by atoms with Crippen LogP contribution < -0.4 is 5.73 Å². The molecular formula is C17H15FN2O. The van der Waals surface area contributed by atoms with Crippen molar-refractivity contribution in [3.63, 3.8) is 0 Å². The van der Waals surface area contributed by atoms with Crippen molar-refractivity contribution >= 4 is 11.0 Å². The summed E-state index contributed by atoms with van der Waals surface area (Å²) in [6.45, 7) is 3.68. The van der Waals surface area contributed by atoms with Gasteiger partial charge < -0.3 is 10.3 Å². The third-order valence-electron chi connectivity index (χ3n) is 3.47. The fourth-order valence-electron chi connectivity index (χ4n) is 2.44. The van der Waals surface area contributed by atoms with E-state index in [1.165, 1.54) is 12.1 Å². The molecule has 0 aliphatic rings. The first-order valence-electron chi connectivity index (χ1n) is 6.71. The molecule has 2 aromatic carbocycles. The summed E-state index contributed by atoms with van der Waals surface area (Å²) in [5.74, 6) is -0.318. The Morgan fingerprint density at radius 1 is 1.29 bits per heavy atom. The molecule has 0 aliphatic carbocycles. The van der Waals surface area contributed by atoms with Crippen LogP contribution in [0.25, 0.3) is 22.2 Å². The molecule has 1 heterocycles. The summed E-state index contributed by atoms with van der Waals surface area (Å²) in [4.78, 5) is 0. The molecule has 0 unspecified atom stereocenters. The topological polar surface area (TPSA) is 52.0 Å². The Balaban J connectivity index is 2.20. The van der Waals surface area contributed by atoms with Gasteiger partial charge in [-0.3, -0.25) is 0 Å². The summed E-state index contributed by atoms with van der Waals surface area (Å²) in [5, 5.41) is 5.00. The Labute approximate surface area is 121 Å². The van der Waals surface area contributed by atoms with E-state index < -0.39 is 0 Å². The van der Waals surface area contributed by atoms with Crippen LogP contribution in [-0.2, 0) is 0 Å². The summed E-state index contributed by atoms with van der Waals surface area (Å²) in [6.07, 6.45) is 2.28. The fraction of sp³-hybridized carbons (Fsp3) is 0.118. The smallest absolute Gasteiger partial charge is 0.167 e. The highest BCUT2D eigenvalue weighted by molar-refractivity contribution is 5.92. The molecule has 0 radical (unpaired) electrons. The normalized spacial score (nSPS) is 12.5. The number of hydrogen-bond donors (Lipinski definition) is 1. The molecule has 2 N–H and O–H groups in total. The van der Waals surface area contributed by atoms with E-state index in [-0.39, 0.29) is 11.9 Å². The summed E-state index contributed by atoms with van der Waals surface area (Å²) in [5.41, 5.74) is 8.99. The van der Waals surface area contributed by atoms with Gasteiger partial charge in [-0.2, -0.15) is 0 Å². The summed E-state index contributed by atoms with van der Waals surface area (Å²) in [6, 6.07) is 11.8. The van der Waals surface area contributed by atoms with Gasteiger partial charge in [0.15, 0.2) is 5.58 Å². The summed E-state index contributed by atoms with van der Waals surface area (Å²) in [7, 11) is 0. The monoisotopic (exact) mass is 282 g/mol. The third kappa shape index (κ3) is 2.45. The van der Waals surface area contributed by atoms with Gasteiger partial charge in [-0.05, 0) is 42.3 Å². The minimum atomic E-state index is -0.330. The Bertz CT molecular complexity index is 794. The number of benzene rings is 2. The molecule has 1 atom stereocenters. The molecule has 0 aliphatic heterocycles. The van der Waals surface area contributed by atoms with Crippen LogP contribution in [0.5, 0.6) is 0 Å². The van der Waals surface area contributed by atoms with E-state index in [1.54, 1.807) is 12.1 Å². The summed E-state index contributed by atoms with van der Waals surface area (Å²) < 4.78 is 18.9. The lowest BCUT2D eigenvalue weighted by Crippen LogP contribution is -2.11. The van der Waals surface area contributed by atoms with E-state index in [2.05, 4.69) is 11.7 Å². The van der Waals surface area contributed by atoms with Gasteiger partial charge in [0.2, 0.25) is 0 Å². The molecule has 106 valence electrons. The first-order chi connectivity index (χ1) is 10.2. The quantitative estimate of drug-likeness (QED) is 0.729. The van der Waals surface area contributed by atoms with Crippen molar-refractivity contribution in [1.29, 1.82) is 0 Å². The second-order valence-corrected chi connectivity index (χ2v) is 4.89. The molecule has 0 saturated heterocycles. The van der Waals surface area contributed by atoms with Crippen LogP contribution in [0, 0.1) is 5.82 Å². The molecular weight excluding hydrogens is 267 g/mol. The number of nitrogens with zero attached hydrogens (tertiary/aromatic N) is 1. The van der Waals surface area contributed by atoms with Gasteiger partial charge in [0.05, 0.1) is 0 Å². The first kappa shape index (κ1) is 13.5. The molecule has 3 nitrogen and oxygen atoms in total. The number of rotatable bonds is 4. The zero-order chi connectivity index (χ0) is 14.8. The highest BCUT2D eigenvalue weighted by Gasteiger charge is 2.17. The number of hydrogen-bond acceptors (Lipinski definition) is 3. The predicted molar refractivity (Wildman–Crippen MR) is 81.1 cm³/mol. The van der Waals surface area contributed by atoms with Crippen molar-refractivity contribution in [3.05, 3.63) is 66.5 Å². The number of fused-ring (bicyclic) bond motifs is 1. The second kappa shape index (κ2) is 5.50. The van der Waals surface area contributed by atoms with Crippen LogP contribution in [0.2, 0.25) is 0 Å². The predicted octanol–water partition coefficient (Wildman–Crippen LogP) is 4.21. The lowest BCUT2D eigenvalue weighted by molar-refractivity contribution is 0.459. The molecule has 21 heavy (non-hydrogen) atoms. The number of nitrogens with two attached hydrogens (primary N) is 1. The van der Waals surface area contributed by atoms with Crippen LogP contribution in [-0.4, -0.2) is 5.16 Å². The highest BCUT2D eigenvalue weighted by Crippen LogP contribution is 2.33. The largest absolute Gasteiger partial charge is 0.356 e. The van der Waals surface area contributed by atoms with Gasteiger partial charge in [0.25, 0.3) is 0 Å². The van der Waals surface area contributed by atoms with Crippen molar-refractivity contribution in [2.75, 3.05) is 0 Å². The van der Waals surface area contributed by atoms with E-state index in [0.717, 1.165) is 10.9 Å². The third-order valence-corrected chi connectivity index (χ3v) is 3.47. The van der Waals surface area contributed by atoms with E-state index in [9.17, 15) is 4.39 Å². The van der Waals surface area contributed by atoms with Gasteiger partial charge in [-0.25, -0.2) is 4.39 Å². The number of aromatic nitrogens is 1. The lowest BCUT2D eigenvalue weighted by Gasteiger charge is -2.14. The van der Waals surface area contributed by atoms with Gasteiger partial charge in [0, 0.05) is 17.0 Å². The van der Waals surface area contributed by atoms with Crippen LogP contribution in [0.4, 0.5) is 4.39 Å². The molecule has 4 heteroatoms. The minimum absolute atomic E-state index is 0.318. The Morgan fingerprint density at radius 2 is 2.10 bits per heavy atom. The fourth-order valence-corrected chi connectivity index (χ4v) is 2.44. The Morgan fingerprint density at radius 3 is 2.90 bits per heavy atom. The zero-order valence-corrected chi connectivity index (χ0v) is 11.4. The van der Waals surface area contributed by atoms with Crippen LogP contribution in [0.1, 0.15) is 18.0 Å². The van der Waals surface area contributed by atoms with Gasteiger partial charge in [-0.15, -0.1) is 6.58 Å². The van der Waals surface area contributed by atoms with Gasteiger partial charge in [0.1, 0.15) is 11.5 Å². The zero-order valence-electron chi connectivity index (χ0n) is 11.4. The molecule has 0 fully saturated rings. The molecule has 0 amide bonds. The van der Waals surface area contributed by atoms with Crippen LogP contribution in [0.3, 0.4) is 0 Å².